The zero-order valence-corrected chi connectivity index (χ0v) is 15.6. The fourth-order valence-corrected chi connectivity index (χ4v) is 4.02. The van der Waals surface area contributed by atoms with E-state index in [0.29, 0.717) is 16.8 Å². The van der Waals surface area contributed by atoms with Gasteiger partial charge in [0.15, 0.2) is 0 Å². The van der Waals surface area contributed by atoms with Gasteiger partial charge in [0.25, 0.3) is 0 Å². The van der Waals surface area contributed by atoms with E-state index in [2.05, 4.69) is 5.32 Å². The molecule has 1 aliphatic heterocycles. The van der Waals surface area contributed by atoms with E-state index in [9.17, 15) is 19.2 Å². The second-order valence-electron chi connectivity index (χ2n) is 7.11. The van der Waals surface area contributed by atoms with Crippen molar-refractivity contribution in [1.29, 1.82) is 0 Å². The van der Waals surface area contributed by atoms with E-state index in [1.54, 1.807) is 25.1 Å². The van der Waals surface area contributed by atoms with Crippen LogP contribution in [0.5, 0.6) is 0 Å². The Hall–Kier alpha value is -2.70. The Morgan fingerprint density at radius 1 is 1.15 bits per heavy atom. The average molecular weight is 372 g/mol. The molecule has 0 aromatic heterocycles. The van der Waals surface area contributed by atoms with Crippen molar-refractivity contribution in [1.82, 2.24) is 4.90 Å². The molecule has 1 aliphatic carbocycles. The number of amides is 3. The van der Waals surface area contributed by atoms with Gasteiger partial charge in [-0.25, -0.2) is 4.79 Å². The van der Waals surface area contributed by atoms with Gasteiger partial charge in [0.1, 0.15) is 0 Å². The van der Waals surface area contributed by atoms with Gasteiger partial charge in [0, 0.05) is 13.0 Å². The monoisotopic (exact) mass is 372 g/mol. The van der Waals surface area contributed by atoms with E-state index in [0.717, 1.165) is 25.7 Å². The lowest BCUT2D eigenvalue weighted by atomic mass is 9.81. The van der Waals surface area contributed by atoms with Crippen molar-refractivity contribution in [3.63, 3.8) is 0 Å². The number of aryl methyl sites for hydroxylation is 1. The third-order valence-electron chi connectivity index (χ3n) is 5.43. The first-order valence-corrected chi connectivity index (χ1v) is 9.27. The number of carbonyl (C=O) groups is 4. The van der Waals surface area contributed by atoms with Crippen LogP contribution in [0.25, 0.3) is 0 Å². The van der Waals surface area contributed by atoms with Gasteiger partial charge in [0.05, 0.1) is 30.2 Å². The van der Waals surface area contributed by atoms with Crippen molar-refractivity contribution < 1.29 is 23.9 Å². The number of likely N-dealkylation sites (tertiary alicyclic amines) is 1. The quantitative estimate of drug-likeness (QED) is 0.632. The minimum absolute atomic E-state index is 0.00846. The molecule has 1 N–H and O–H groups in total. The lowest BCUT2D eigenvalue weighted by Crippen LogP contribution is -2.34. The minimum Gasteiger partial charge on any atom is -0.465 e. The first-order chi connectivity index (χ1) is 12.9. The molecule has 2 fully saturated rings. The van der Waals surface area contributed by atoms with E-state index in [1.807, 2.05) is 0 Å². The molecular weight excluding hydrogens is 348 g/mol. The first-order valence-electron chi connectivity index (χ1n) is 9.27. The lowest BCUT2D eigenvalue weighted by molar-refractivity contribution is -0.140. The molecule has 0 bridgehead atoms. The Morgan fingerprint density at radius 3 is 2.37 bits per heavy atom. The van der Waals surface area contributed by atoms with Gasteiger partial charge in [-0.2, -0.15) is 0 Å². The molecule has 3 amide bonds. The average Bonchev–Trinajstić information content (AvgIpc) is 2.90. The molecule has 0 radical (unpaired) electrons. The SMILES string of the molecule is COC(=O)c1c(C)cccc1NC(=O)CCN1C(=O)C2CCCCC2C1=O. The number of methoxy groups -OCH3 is 1. The van der Waals surface area contributed by atoms with Gasteiger partial charge in [-0.05, 0) is 31.4 Å². The van der Waals surface area contributed by atoms with Gasteiger partial charge < -0.3 is 10.1 Å². The van der Waals surface area contributed by atoms with Gasteiger partial charge in [0.2, 0.25) is 17.7 Å². The van der Waals surface area contributed by atoms with Crippen LogP contribution in [0.4, 0.5) is 5.69 Å². The highest BCUT2D eigenvalue weighted by atomic mass is 16.5. The highest BCUT2D eigenvalue weighted by molar-refractivity contribution is 6.06. The minimum atomic E-state index is -0.530. The van der Waals surface area contributed by atoms with Gasteiger partial charge in [-0.1, -0.05) is 25.0 Å². The number of benzene rings is 1. The van der Waals surface area contributed by atoms with Crippen molar-refractivity contribution in [2.24, 2.45) is 11.8 Å². The van der Waals surface area contributed by atoms with Crippen LogP contribution in [-0.2, 0) is 19.1 Å². The summed E-state index contributed by atoms with van der Waals surface area (Å²) in [6, 6.07) is 5.11. The van der Waals surface area contributed by atoms with Crippen LogP contribution in [0, 0.1) is 18.8 Å². The van der Waals surface area contributed by atoms with E-state index < -0.39 is 5.97 Å². The van der Waals surface area contributed by atoms with Crippen LogP contribution in [0.3, 0.4) is 0 Å². The molecule has 27 heavy (non-hydrogen) atoms. The standard InChI is InChI=1S/C20H24N2O5/c1-12-6-5-9-15(17(12)20(26)27-2)21-16(23)10-11-22-18(24)13-7-3-4-8-14(13)19(22)25/h5-6,9,13-14H,3-4,7-8,10-11H2,1-2H3,(H,21,23). The molecule has 2 atom stereocenters. The fraction of sp³-hybridized carbons (Fsp3) is 0.500. The van der Waals surface area contributed by atoms with Crippen LogP contribution < -0.4 is 5.32 Å². The Kier molecular flexibility index (Phi) is 5.58. The summed E-state index contributed by atoms with van der Waals surface area (Å²) in [5.41, 5.74) is 1.35. The number of ether oxygens (including phenoxy) is 1. The predicted octanol–water partition coefficient (Wildman–Crippen LogP) is 2.29. The van der Waals surface area contributed by atoms with E-state index >= 15 is 0 Å². The summed E-state index contributed by atoms with van der Waals surface area (Å²) in [6.07, 6.45) is 3.44. The molecule has 7 heteroatoms. The number of nitrogens with zero attached hydrogens (tertiary/aromatic N) is 1. The molecule has 3 rings (SSSR count). The number of fused-ring (bicyclic) bond motifs is 1. The molecular formula is C20H24N2O5. The van der Waals surface area contributed by atoms with Crippen molar-refractivity contribution in [2.45, 2.75) is 39.0 Å². The van der Waals surface area contributed by atoms with Crippen molar-refractivity contribution >= 4 is 29.4 Å². The van der Waals surface area contributed by atoms with Crippen molar-refractivity contribution in [2.75, 3.05) is 19.0 Å². The second kappa shape index (κ2) is 7.90. The molecule has 1 saturated heterocycles. The zero-order chi connectivity index (χ0) is 19.6. The van der Waals surface area contributed by atoms with E-state index in [4.69, 9.17) is 4.74 Å². The summed E-state index contributed by atoms with van der Waals surface area (Å²) >= 11 is 0. The van der Waals surface area contributed by atoms with Gasteiger partial charge in [-0.15, -0.1) is 0 Å². The molecule has 2 unspecified atom stereocenters. The molecule has 2 aliphatic rings. The first kappa shape index (κ1) is 19.1. The Balaban J connectivity index is 1.64. The third kappa shape index (κ3) is 3.72. The predicted molar refractivity (Wildman–Crippen MR) is 97.9 cm³/mol. The number of esters is 1. The fourth-order valence-electron chi connectivity index (χ4n) is 4.02. The molecule has 1 saturated carbocycles. The van der Waals surface area contributed by atoms with Crippen molar-refractivity contribution in [3.8, 4) is 0 Å². The maximum atomic E-state index is 12.5. The number of carbonyl (C=O) groups excluding carboxylic acids is 4. The molecule has 1 aromatic carbocycles. The number of hydrogen-bond donors (Lipinski definition) is 1. The van der Waals surface area contributed by atoms with Crippen LogP contribution in [-0.4, -0.2) is 42.2 Å². The van der Waals surface area contributed by atoms with Gasteiger partial charge >= 0.3 is 5.97 Å². The lowest BCUT2D eigenvalue weighted by Gasteiger charge is -2.19. The highest BCUT2D eigenvalue weighted by Crippen LogP contribution is 2.38. The van der Waals surface area contributed by atoms with Crippen LogP contribution >= 0.6 is 0 Å². The summed E-state index contributed by atoms with van der Waals surface area (Å²) in [6.45, 7) is 1.82. The number of imide groups is 1. The normalized spacial score (nSPS) is 21.8. The number of nitrogens with one attached hydrogen (secondary N) is 1. The number of anilines is 1. The number of hydrogen-bond acceptors (Lipinski definition) is 5. The zero-order valence-electron chi connectivity index (χ0n) is 15.6. The summed E-state index contributed by atoms with van der Waals surface area (Å²) in [4.78, 5) is 50.5. The summed E-state index contributed by atoms with van der Waals surface area (Å²) in [5.74, 6) is -1.61. The number of rotatable bonds is 5. The maximum absolute atomic E-state index is 12.5. The van der Waals surface area contributed by atoms with E-state index in [-0.39, 0.29) is 42.5 Å². The van der Waals surface area contributed by atoms with Crippen LogP contribution in [0.15, 0.2) is 18.2 Å². The smallest absolute Gasteiger partial charge is 0.340 e. The Labute approximate surface area is 158 Å². The highest BCUT2D eigenvalue weighted by Gasteiger charge is 2.47. The molecule has 7 nitrogen and oxygen atoms in total. The maximum Gasteiger partial charge on any atom is 0.340 e. The second-order valence-corrected chi connectivity index (χ2v) is 7.11. The topological polar surface area (TPSA) is 92.8 Å². The third-order valence-corrected chi connectivity index (χ3v) is 5.43. The van der Waals surface area contributed by atoms with Crippen LogP contribution in [0.2, 0.25) is 0 Å². The largest absolute Gasteiger partial charge is 0.465 e. The molecule has 144 valence electrons. The molecule has 0 spiro atoms. The van der Waals surface area contributed by atoms with Crippen LogP contribution in [0.1, 0.15) is 48.0 Å². The summed E-state index contributed by atoms with van der Waals surface area (Å²) in [5, 5.41) is 2.69. The molecule has 1 heterocycles. The van der Waals surface area contributed by atoms with Gasteiger partial charge in [-0.3, -0.25) is 19.3 Å². The summed E-state index contributed by atoms with van der Waals surface area (Å²) < 4.78 is 4.78. The molecule has 1 aromatic rings. The Morgan fingerprint density at radius 2 is 1.78 bits per heavy atom. The Bertz CT molecular complexity index is 765. The summed E-state index contributed by atoms with van der Waals surface area (Å²) in [7, 11) is 1.28. The van der Waals surface area contributed by atoms with E-state index in [1.165, 1.54) is 12.0 Å². The van der Waals surface area contributed by atoms with Crippen molar-refractivity contribution in [3.05, 3.63) is 29.3 Å².